The van der Waals surface area contributed by atoms with Gasteiger partial charge in [-0.05, 0) is 32.0 Å². The normalized spacial score (nSPS) is 10.8. The van der Waals surface area contributed by atoms with E-state index in [-0.39, 0.29) is 5.56 Å². The highest BCUT2D eigenvalue weighted by Gasteiger charge is 2.15. The third-order valence-electron chi connectivity index (χ3n) is 3.50. The van der Waals surface area contributed by atoms with Crippen LogP contribution in [-0.2, 0) is 0 Å². The highest BCUT2D eigenvalue weighted by Crippen LogP contribution is 2.37. The molecule has 0 saturated carbocycles. The predicted octanol–water partition coefficient (Wildman–Crippen LogP) is 4.04. The van der Waals surface area contributed by atoms with Gasteiger partial charge in [-0.3, -0.25) is 4.79 Å². The molecule has 0 radical (unpaired) electrons. The summed E-state index contributed by atoms with van der Waals surface area (Å²) in [7, 11) is 0. The number of fused-ring (bicyclic) bond motifs is 1. The monoisotopic (exact) mass is 344 g/mol. The Bertz CT molecular complexity index is 937. The number of aromatic nitrogens is 2. The number of aromatic amines is 1. The molecule has 6 heteroatoms. The molecule has 0 fully saturated rings. The first-order chi connectivity index (χ1) is 11.6. The topological polar surface area (TPSA) is 64.2 Å². The van der Waals surface area contributed by atoms with Crippen LogP contribution >= 0.6 is 11.6 Å². The van der Waals surface area contributed by atoms with Crippen LogP contribution in [0.3, 0.4) is 0 Å². The molecule has 5 nitrogen and oxygen atoms in total. The van der Waals surface area contributed by atoms with Crippen LogP contribution in [0, 0.1) is 0 Å². The van der Waals surface area contributed by atoms with Crippen molar-refractivity contribution in [3.8, 4) is 22.9 Å². The molecule has 0 saturated heterocycles. The first-order valence-electron chi connectivity index (χ1n) is 7.72. The van der Waals surface area contributed by atoms with Gasteiger partial charge in [-0.15, -0.1) is 0 Å². The molecule has 0 aliphatic carbocycles. The Kier molecular flexibility index (Phi) is 4.71. The number of ether oxygens (including phenoxy) is 2. The molecule has 1 N–H and O–H groups in total. The molecule has 0 atom stereocenters. The number of hydrogen-bond acceptors (Lipinski definition) is 4. The molecule has 124 valence electrons. The molecule has 1 aromatic heterocycles. The Labute approximate surface area is 144 Å². The number of nitrogens with zero attached hydrogens (tertiary/aromatic N) is 1. The van der Waals surface area contributed by atoms with Crippen molar-refractivity contribution in [1.29, 1.82) is 0 Å². The highest BCUT2D eigenvalue weighted by molar-refractivity contribution is 6.33. The van der Waals surface area contributed by atoms with E-state index < -0.39 is 0 Å². The Morgan fingerprint density at radius 2 is 1.75 bits per heavy atom. The van der Waals surface area contributed by atoms with E-state index in [2.05, 4.69) is 9.97 Å². The summed E-state index contributed by atoms with van der Waals surface area (Å²) >= 11 is 6.38. The number of para-hydroxylation sites is 1. The van der Waals surface area contributed by atoms with Crippen LogP contribution in [0.1, 0.15) is 13.8 Å². The van der Waals surface area contributed by atoms with Crippen molar-refractivity contribution >= 4 is 22.5 Å². The van der Waals surface area contributed by atoms with Crippen molar-refractivity contribution in [3.05, 3.63) is 51.8 Å². The van der Waals surface area contributed by atoms with Crippen molar-refractivity contribution in [2.45, 2.75) is 13.8 Å². The highest BCUT2D eigenvalue weighted by atomic mass is 35.5. The third-order valence-corrected chi connectivity index (χ3v) is 3.81. The lowest BCUT2D eigenvalue weighted by atomic mass is 10.1. The van der Waals surface area contributed by atoms with Crippen molar-refractivity contribution < 1.29 is 9.47 Å². The van der Waals surface area contributed by atoms with Crippen molar-refractivity contribution in [2.24, 2.45) is 0 Å². The average Bonchev–Trinajstić information content (AvgIpc) is 2.57. The minimum atomic E-state index is -0.210. The smallest absolute Gasteiger partial charge is 0.259 e. The second-order valence-electron chi connectivity index (χ2n) is 5.08. The van der Waals surface area contributed by atoms with Crippen LogP contribution in [0.2, 0.25) is 5.02 Å². The van der Waals surface area contributed by atoms with Gasteiger partial charge in [-0.2, -0.15) is 0 Å². The molecule has 0 bridgehead atoms. The molecule has 0 unspecified atom stereocenters. The maximum atomic E-state index is 12.3. The van der Waals surface area contributed by atoms with E-state index >= 15 is 0 Å². The first-order valence-corrected chi connectivity index (χ1v) is 8.10. The summed E-state index contributed by atoms with van der Waals surface area (Å²) in [4.78, 5) is 19.6. The van der Waals surface area contributed by atoms with Crippen LogP contribution in [0.15, 0.2) is 41.2 Å². The number of benzene rings is 2. The lowest BCUT2D eigenvalue weighted by Gasteiger charge is -2.14. The minimum Gasteiger partial charge on any atom is -0.490 e. The van der Waals surface area contributed by atoms with Crippen LogP contribution < -0.4 is 15.0 Å². The zero-order valence-electron chi connectivity index (χ0n) is 13.4. The summed E-state index contributed by atoms with van der Waals surface area (Å²) in [5.41, 5.74) is 0.990. The van der Waals surface area contributed by atoms with E-state index in [1.165, 1.54) is 0 Å². The van der Waals surface area contributed by atoms with Gasteiger partial charge in [-0.25, -0.2) is 4.98 Å². The van der Waals surface area contributed by atoms with Crippen LogP contribution in [0.4, 0.5) is 0 Å². The predicted molar refractivity (Wildman–Crippen MR) is 95.1 cm³/mol. The lowest BCUT2D eigenvalue weighted by molar-refractivity contribution is 0.288. The third kappa shape index (κ3) is 3.08. The van der Waals surface area contributed by atoms with E-state index in [1.54, 1.807) is 30.3 Å². The summed E-state index contributed by atoms with van der Waals surface area (Å²) < 4.78 is 11.2. The largest absolute Gasteiger partial charge is 0.490 e. The Morgan fingerprint density at radius 3 is 2.46 bits per heavy atom. The van der Waals surface area contributed by atoms with Crippen molar-refractivity contribution in [3.63, 3.8) is 0 Å². The zero-order valence-corrected chi connectivity index (χ0v) is 14.2. The van der Waals surface area contributed by atoms with Gasteiger partial charge in [0.25, 0.3) is 5.56 Å². The summed E-state index contributed by atoms with van der Waals surface area (Å²) in [6, 6.07) is 10.6. The number of H-pyrrole nitrogens is 1. The van der Waals surface area contributed by atoms with E-state index in [0.717, 1.165) is 0 Å². The van der Waals surface area contributed by atoms with Crippen LogP contribution in [0.25, 0.3) is 22.3 Å². The minimum absolute atomic E-state index is 0.210. The molecule has 1 heterocycles. The van der Waals surface area contributed by atoms with E-state index in [0.29, 0.717) is 52.0 Å². The second kappa shape index (κ2) is 6.93. The summed E-state index contributed by atoms with van der Waals surface area (Å²) in [6.45, 7) is 4.77. The molecular weight excluding hydrogens is 328 g/mol. The molecular formula is C18H17ClN2O3. The average molecular weight is 345 g/mol. The molecule has 0 amide bonds. The first kappa shape index (κ1) is 16.3. The SMILES string of the molecule is CCOc1cc(Cl)c(-c2nc3ccccc3c(=O)[nH]2)cc1OCC. The van der Waals surface area contributed by atoms with E-state index in [1.807, 2.05) is 19.9 Å². The Morgan fingerprint density at radius 1 is 1.08 bits per heavy atom. The Hall–Kier alpha value is -2.53. The molecule has 0 aliphatic heterocycles. The van der Waals surface area contributed by atoms with Gasteiger partial charge in [0.15, 0.2) is 11.5 Å². The fraction of sp³-hybridized carbons (Fsp3) is 0.222. The van der Waals surface area contributed by atoms with Gasteiger partial charge in [-0.1, -0.05) is 23.7 Å². The van der Waals surface area contributed by atoms with Gasteiger partial charge >= 0.3 is 0 Å². The van der Waals surface area contributed by atoms with Gasteiger partial charge in [0.2, 0.25) is 0 Å². The summed E-state index contributed by atoms with van der Waals surface area (Å²) in [5.74, 6) is 1.53. The fourth-order valence-corrected chi connectivity index (χ4v) is 2.71. The maximum absolute atomic E-state index is 12.3. The standard InChI is InChI=1S/C18H17ClN2O3/c1-3-23-15-9-12(13(19)10-16(15)24-4-2)17-20-14-8-6-5-7-11(14)18(22)21-17/h5-10H,3-4H2,1-2H3,(H,20,21,22). The summed E-state index contributed by atoms with van der Waals surface area (Å²) in [5, 5.41) is 0.966. The van der Waals surface area contributed by atoms with Gasteiger partial charge in [0.1, 0.15) is 5.82 Å². The zero-order chi connectivity index (χ0) is 17.1. The second-order valence-corrected chi connectivity index (χ2v) is 5.48. The molecule has 2 aromatic carbocycles. The Balaban J connectivity index is 2.18. The van der Waals surface area contributed by atoms with E-state index in [9.17, 15) is 4.79 Å². The van der Waals surface area contributed by atoms with Crippen LogP contribution in [0.5, 0.6) is 11.5 Å². The summed E-state index contributed by atoms with van der Waals surface area (Å²) in [6.07, 6.45) is 0. The quantitative estimate of drug-likeness (QED) is 0.758. The number of rotatable bonds is 5. The van der Waals surface area contributed by atoms with Gasteiger partial charge in [0, 0.05) is 11.6 Å². The maximum Gasteiger partial charge on any atom is 0.259 e. The van der Waals surface area contributed by atoms with Crippen molar-refractivity contribution in [1.82, 2.24) is 9.97 Å². The molecule has 3 rings (SSSR count). The lowest BCUT2D eigenvalue weighted by Crippen LogP contribution is -2.09. The van der Waals surface area contributed by atoms with Gasteiger partial charge < -0.3 is 14.5 Å². The molecule has 24 heavy (non-hydrogen) atoms. The number of nitrogens with one attached hydrogen (secondary N) is 1. The fourth-order valence-electron chi connectivity index (χ4n) is 2.47. The number of halogens is 1. The van der Waals surface area contributed by atoms with Crippen LogP contribution in [-0.4, -0.2) is 23.2 Å². The molecule has 0 aliphatic rings. The van der Waals surface area contributed by atoms with E-state index in [4.69, 9.17) is 21.1 Å². The molecule has 3 aromatic rings. The molecule has 0 spiro atoms. The van der Waals surface area contributed by atoms with Crippen molar-refractivity contribution in [2.75, 3.05) is 13.2 Å². The van der Waals surface area contributed by atoms with Gasteiger partial charge in [0.05, 0.1) is 29.1 Å². The number of hydrogen-bond donors (Lipinski definition) is 1.